The van der Waals surface area contributed by atoms with Crippen LogP contribution in [0, 0.1) is 0 Å². The summed E-state index contributed by atoms with van der Waals surface area (Å²) in [6, 6.07) is 0. The minimum Gasteiger partial charge on any atom is -0.475 e. The third-order valence-electron chi connectivity index (χ3n) is 5.51. The Labute approximate surface area is 167 Å². The number of carbonyl (C=O) groups is 2. The number of nitrogens with zero attached hydrogens (tertiary/aromatic N) is 4. The van der Waals surface area contributed by atoms with Crippen LogP contribution < -0.4 is 0 Å². The fourth-order valence-corrected chi connectivity index (χ4v) is 3.81. The lowest BCUT2D eigenvalue weighted by atomic mass is 9.85. The Bertz CT molecular complexity index is 700. The summed E-state index contributed by atoms with van der Waals surface area (Å²) < 4.78 is 39.0. The number of carboxylic acid groups (broad SMARTS) is 1. The first kappa shape index (κ1) is 23.1. The van der Waals surface area contributed by atoms with Crippen LogP contribution in [0.15, 0.2) is 12.4 Å². The van der Waals surface area contributed by atoms with Gasteiger partial charge in [-0.3, -0.25) is 9.69 Å². The quantitative estimate of drug-likeness (QED) is 0.780. The first-order valence-corrected chi connectivity index (χ1v) is 9.37. The number of hydrogen-bond donors (Lipinski definition) is 1. The van der Waals surface area contributed by atoms with E-state index in [1.165, 1.54) is 0 Å². The minimum absolute atomic E-state index is 0.0771. The van der Waals surface area contributed by atoms with Gasteiger partial charge in [0.05, 0.1) is 13.2 Å². The monoisotopic (exact) mass is 420 g/mol. The topological polar surface area (TPSA) is 87.9 Å². The molecule has 0 unspecified atom stereocenters. The lowest BCUT2D eigenvalue weighted by Crippen LogP contribution is -2.53. The SMILES string of the molecule is COCCN1C(=O)CCC12CCN(Cc1nccn1C)CC2.O=C(O)C(F)(F)F. The van der Waals surface area contributed by atoms with Crippen LogP contribution in [-0.2, 0) is 27.9 Å². The summed E-state index contributed by atoms with van der Waals surface area (Å²) in [5.74, 6) is -1.35. The first-order valence-electron chi connectivity index (χ1n) is 9.37. The molecule has 11 heteroatoms. The van der Waals surface area contributed by atoms with Crippen LogP contribution in [0.5, 0.6) is 0 Å². The molecule has 0 aromatic carbocycles. The number of piperidine rings is 1. The van der Waals surface area contributed by atoms with Gasteiger partial charge in [0.2, 0.25) is 5.91 Å². The number of halogens is 3. The predicted molar refractivity (Wildman–Crippen MR) is 97.0 cm³/mol. The molecule has 0 radical (unpaired) electrons. The van der Waals surface area contributed by atoms with Gasteiger partial charge in [0.1, 0.15) is 5.82 Å². The van der Waals surface area contributed by atoms with Gasteiger partial charge in [-0.25, -0.2) is 9.78 Å². The van der Waals surface area contributed by atoms with Crippen LogP contribution in [0.3, 0.4) is 0 Å². The smallest absolute Gasteiger partial charge is 0.475 e. The zero-order chi connectivity index (χ0) is 21.7. The van der Waals surface area contributed by atoms with Crippen molar-refractivity contribution < 1.29 is 32.6 Å². The molecule has 2 aliphatic rings. The van der Waals surface area contributed by atoms with E-state index in [2.05, 4.69) is 19.4 Å². The molecule has 1 aromatic heterocycles. The standard InChI is InChI=1S/C16H26N4O2.C2HF3O2/c1-18-10-7-17-14(18)13-19-8-5-16(6-9-19)4-3-15(21)20(16)11-12-22-2;3-2(4,5)1(6)7/h7,10H,3-6,8-9,11-13H2,1-2H3;(H,6,7). The molecule has 0 saturated carbocycles. The number of aromatic nitrogens is 2. The van der Waals surface area contributed by atoms with Crippen molar-refractivity contribution in [1.82, 2.24) is 19.4 Å². The lowest BCUT2D eigenvalue weighted by molar-refractivity contribution is -0.192. The van der Waals surface area contributed by atoms with Crippen LogP contribution in [-0.4, -0.2) is 81.4 Å². The molecule has 2 saturated heterocycles. The summed E-state index contributed by atoms with van der Waals surface area (Å²) in [6.45, 7) is 4.32. The molecule has 3 heterocycles. The second-order valence-electron chi connectivity index (χ2n) is 7.30. The van der Waals surface area contributed by atoms with Crippen molar-refractivity contribution in [2.45, 2.75) is 43.9 Å². The van der Waals surface area contributed by atoms with Gasteiger partial charge in [-0.2, -0.15) is 13.2 Å². The highest BCUT2D eigenvalue weighted by atomic mass is 19.4. The molecule has 29 heavy (non-hydrogen) atoms. The normalized spacial score (nSPS) is 19.3. The Morgan fingerprint density at radius 1 is 1.31 bits per heavy atom. The number of carboxylic acids is 1. The van der Waals surface area contributed by atoms with Crippen molar-refractivity contribution in [3.8, 4) is 0 Å². The highest BCUT2D eigenvalue weighted by Gasteiger charge is 2.46. The highest BCUT2D eigenvalue weighted by molar-refractivity contribution is 5.79. The fraction of sp³-hybridized carbons (Fsp3) is 0.722. The molecule has 2 aliphatic heterocycles. The first-order chi connectivity index (χ1) is 13.6. The molecule has 1 amide bonds. The summed E-state index contributed by atoms with van der Waals surface area (Å²) in [5, 5.41) is 7.12. The number of methoxy groups -OCH3 is 1. The van der Waals surface area contributed by atoms with Gasteiger partial charge in [0.15, 0.2) is 0 Å². The number of alkyl halides is 3. The van der Waals surface area contributed by atoms with Crippen LogP contribution in [0.2, 0.25) is 0 Å². The molecular formula is C18H27F3N4O4. The summed E-state index contributed by atoms with van der Waals surface area (Å²) in [5.41, 5.74) is 0.0771. The molecule has 1 N–H and O–H groups in total. The largest absolute Gasteiger partial charge is 0.490 e. The average Bonchev–Trinajstić information content (AvgIpc) is 3.19. The van der Waals surface area contributed by atoms with Crippen molar-refractivity contribution >= 4 is 11.9 Å². The van der Waals surface area contributed by atoms with E-state index in [1.54, 1.807) is 7.11 Å². The number of hydrogen-bond acceptors (Lipinski definition) is 5. The molecule has 0 aliphatic carbocycles. The van der Waals surface area contributed by atoms with E-state index in [-0.39, 0.29) is 5.54 Å². The van der Waals surface area contributed by atoms with Gasteiger partial charge >= 0.3 is 12.1 Å². The molecule has 2 fully saturated rings. The Morgan fingerprint density at radius 3 is 2.41 bits per heavy atom. The predicted octanol–water partition coefficient (Wildman–Crippen LogP) is 1.66. The number of likely N-dealkylation sites (tertiary alicyclic amines) is 2. The number of carbonyl (C=O) groups excluding carboxylic acids is 1. The zero-order valence-corrected chi connectivity index (χ0v) is 16.6. The summed E-state index contributed by atoms with van der Waals surface area (Å²) in [4.78, 5) is 30.0. The van der Waals surface area contributed by atoms with Crippen LogP contribution in [0.25, 0.3) is 0 Å². The number of aryl methyl sites for hydroxylation is 1. The van der Waals surface area contributed by atoms with Crippen LogP contribution in [0.1, 0.15) is 31.5 Å². The van der Waals surface area contributed by atoms with E-state index in [1.807, 2.05) is 19.4 Å². The molecule has 1 spiro atoms. The van der Waals surface area contributed by atoms with Crippen LogP contribution in [0.4, 0.5) is 13.2 Å². The summed E-state index contributed by atoms with van der Waals surface area (Å²) in [6.07, 6.45) is 2.58. The van der Waals surface area contributed by atoms with E-state index in [9.17, 15) is 18.0 Å². The lowest BCUT2D eigenvalue weighted by Gasteiger charge is -2.45. The molecule has 164 valence electrons. The van der Waals surface area contributed by atoms with Crippen molar-refractivity contribution in [3.63, 3.8) is 0 Å². The van der Waals surface area contributed by atoms with Crippen molar-refractivity contribution in [2.75, 3.05) is 33.4 Å². The maximum Gasteiger partial charge on any atom is 0.490 e. The Morgan fingerprint density at radius 2 is 1.93 bits per heavy atom. The third kappa shape index (κ3) is 5.92. The number of rotatable bonds is 5. The third-order valence-corrected chi connectivity index (χ3v) is 5.51. The summed E-state index contributed by atoms with van der Waals surface area (Å²) in [7, 11) is 3.73. The average molecular weight is 420 g/mol. The van der Waals surface area contributed by atoms with Gasteiger partial charge in [-0.1, -0.05) is 0 Å². The van der Waals surface area contributed by atoms with E-state index in [0.717, 1.165) is 51.3 Å². The number of ether oxygens (including phenoxy) is 1. The van der Waals surface area contributed by atoms with E-state index in [0.29, 0.717) is 18.9 Å². The molecule has 0 atom stereocenters. The number of imidazole rings is 1. The molecule has 8 nitrogen and oxygen atoms in total. The van der Waals surface area contributed by atoms with Gasteiger partial charge in [0, 0.05) is 58.1 Å². The second-order valence-corrected chi connectivity index (χ2v) is 7.30. The molecule has 3 rings (SSSR count). The number of aliphatic carboxylic acids is 1. The van der Waals surface area contributed by atoms with Gasteiger partial charge in [0.25, 0.3) is 0 Å². The fourth-order valence-electron chi connectivity index (χ4n) is 3.81. The highest BCUT2D eigenvalue weighted by Crippen LogP contribution is 2.39. The zero-order valence-electron chi connectivity index (χ0n) is 16.6. The van der Waals surface area contributed by atoms with E-state index in [4.69, 9.17) is 14.6 Å². The van der Waals surface area contributed by atoms with E-state index >= 15 is 0 Å². The molecule has 1 aromatic rings. The van der Waals surface area contributed by atoms with Crippen molar-refractivity contribution in [1.29, 1.82) is 0 Å². The molecule has 0 bridgehead atoms. The van der Waals surface area contributed by atoms with Gasteiger partial charge < -0.3 is 19.3 Å². The number of amides is 1. The minimum atomic E-state index is -5.08. The summed E-state index contributed by atoms with van der Waals surface area (Å²) >= 11 is 0. The van der Waals surface area contributed by atoms with Crippen molar-refractivity contribution in [2.24, 2.45) is 7.05 Å². The van der Waals surface area contributed by atoms with E-state index < -0.39 is 12.1 Å². The maximum absolute atomic E-state index is 12.2. The second kappa shape index (κ2) is 9.57. The Kier molecular flexibility index (Phi) is 7.64. The van der Waals surface area contributed by atoms with Crippen molar-refractivity contribution in [3.05, 3.63) is 18.2 Å². The maximum atomic E-state index is 12.2. The van der Waals surface area contributed by atoms with Crippen LogP contribution >= 0.6 is 0 Å². The Balaban J connectivity index is 0.000000370. The molecular weight excluding hydrogens is 393 g/mol. The van der Waals surface area contributed by atoms with Gasteiger partial charge in [-0.05, 0) is 19.3 Å². The van der Waals surface area contributed by atoms with Gasteiger partial charge in [-0.15, -0.1) is 0 Å². The Hall–Kier alpha value is -2.14.